The van der Waals surface area contributed by atoms with Gasteiger partial charge in [0, 0.05) is 54.0 Å². The number of likely N-dealkylation sites (tertiary alicyclic amines) is 1. The highest BCUT2D eigenvalue weighted by Crippen LogP contribution is 2.30. The molecule has 2 aliphatic rings. The van der Waals surface area contributed by atoms with Gasteiger partial charge in [-0.25, -0.2) is 0 Å². The van der Waals surface area contributed by atoms with Crippen molar-refractivity contribution in [3.8, 4) is 0 Å². The Bertz CT molecular complexity index is 944. The Kier molecular flexibility index (Phi) is 7.11. The summed E-state index contributed by atoms with van der Waals surface area (Å²) in [4.78, 5) is 30.2. The van der Waals surface area contributed by atoms with Crippen LogP contribution in [0.25, 0.3) is 6.08 Å². The molecule has 0 saturated carbocycles. The van der Waals surface area contributed by atoms with Gasteiger partial charge in [0.05, 0.1) is 0 Å². The molecule has 2 fully saturated rings. The third-order valence-corrected chi connectivity index (χ3v) is 7.33. The molecule has 1 aromatic carbocycles. The number of anilines is 1. The first-order valence-electron chi connectivity index (χ1n) is 11.5. The molecule has 4 rings (SSSR count). The molecule has 2 saturated heterocycles. The Morgan fingerprint density at radius 2 is 1.94 bits per heavy atom. The van der Waals surface area contributed by atoms with Gasteiger partial charge in [0.15, 0.2) is 0 Å². The van der Waals surface area contributed by atoms with E-state index in [4.69, 9.17) is 0 Å². The molecule has 0 radical (unpaired) electrons. The van der Waals surface area contributed by atoms with E-state index >= 15 is 0 Å². The monoisotopic (exact) mass is 451 g/mol. The third-order valence-electron chi connectivity index (χ3n) is 6.49. The van der Waals surface area contributed by atoms with E-state index in [1.807, 2.05) is 28.5 Å². The summed E-state index contributed by atoms with van der Waals surface area (Å²) >= 11 is 1.60. The standard InChI is InChI=1S/C26H33N3O2S/c1-26(2,19-28-13-3-4-14-28)21-7-9-22(10-8-21)29-18-20(16-25(29)31)17-27-24(30)12-11-23-6-5-15-32-23/h5-12,15,20H,3-4,13-14,16-19H2,1-2H3,(H,27,30). The SMILES string of the molecule is CC(C)(CN1CCCC1)c1ccc(N2CC(CNC(=O)C=Cc3cccs3)CC2=O)cc1. The van der Waals surface area contributed by atoms with E-state index in [2.05, 4.69) is 48.3 Å². The lowest BCUT2D eigenvalue weighted by Crippen LogP contribution is -2.35. The predicted molar refractivity (Wildman–Crippen MR) is 132 cm³/mol. The molecular weight excluding hydrogens is 418 g/mol. The molecule has 2 aromatic rings. The van der Waals surface area contributed by atoms with Crippen LogP contribution in [0.5, 0.6) is 0 Å². The van der Waals surface area contributed by atoms with E-state index in [1.54, 1.807) is 17.4 Å². The van der Waals surface area contributed by atoms with Crippen LogP contribution in [0.4, 0.5) is 5.69 Å². The summed E-state index contributed by atoms with van der Waals surface area (Å²) in [7, 11) is 0. The fraction of sp³-hybridized carbons (Fsp3) is 0.462. The number of nitrogens with one attached hydrogen (secondary N) is 1. The number of carbonyl (C=O) groups excluding carboxylic acids is 2. The van der Waals surface area contributed by atoms with Crippen LogP contribution in [0.1, 0.15) is 43.6 Å². The van der Waals surface area contributed by atoms with Gasteiger partial charge in [-0.05, 0) is 61.1 Å². The van der Waals surface area contributed by atoms with Crippen LogP contribution < -0.4 is 10.2 Å². The van der Waals surface area contributed by atoms with Gasteiger partial charge in [0.2, 0.25) is 11.8 Å². The van der Waals surface area contributed by atoms with Crippen molar-refractivity contribution in [2.24, 2.45) is 5.92 Å². The van der Waals surface area contributed by atoms with Gasteiger partial charge in [-0.1, -0.05) is 32.0 Å². The van der Waals surface area contributed by atoms with Gasteiger partial charge in [-0.3, -0.25) is 9.59 Å². The number of hydrogen-bond acceptors (Lipinski definition) is 4. The van der Waals surface area contributed by atoms with E-state index < -0.39 is 0 Å². The van der Waals surface area contributed by atoms with Crippen molar-refractivity contribution in [2.45, 2.75) is 38.5 Å². The van der Waals surface area contributed by atoms with Crippen molar-refractivity contribution in [3.05, 3.63) is 58.3 Å². The molecule has 2 aliphatic heterocycles. The fourth-order valence-corrected chi connectivity index (χ4v) is 5.32. The lowest BCUT2D eigenvalue weighted by atomic mass is 9.84. The Hall–Kier alpha value is -2.44. The van der Waals surface area contributed by atoms with E-state index in [1.165, 1.54) is 31.5 Å². The summed E-state index contributed by atoms with van der Waals surface area (Å²) in [6.07, 6.45) is 6.45. The van der Waals surface area contributed by atoms with E-state index in [9.17, 15) is 9.59 Å². The van der Waals surface area contributed by atoms with Gasteiger partial charge in [0.25, 0.3) is 0 Å². The smallest absolute Gasteiger partial charge is 0.244 e. The fourth-order valence-electron chi connectivity index (χ4n) is 4.70. The lowest BCUT2D eigenvalue weighted by molar-refractivity contribution is -0.118. The van der Waals surface area contributed by atoms with Gasteiger partial charge < -0.3 is 15.1 Å². The normalized spacial score (nSPS) is 19.9. The van der Waals surface area contributed by atoms with E-state index in [0.29, 0.717) is 19.5 Å². The topological polar surface area (TPSA) is 52.6 Å². The van der Waals surface area contributed by atoms with Crippen molar-refractivity contribution in [1.82, 2.24) is 10.2 Å². The van der Waals surface area contributed by atoms with Crippen LogP contribution in [-0.2, 0) is 15.0 Å². The molecular formula is C26H33N3O2S. The first-order chi connectivity index (χ1) is 15.4. The summed E-state index contributed by atoms with van der Waals surface area (Å²) in [6, 6.07) is 12.4. The minimum absolute atomic E-state index is 0.0847. The Balaban J connectivity index is 1.30. The molecule has 32 heavy (non-hydrogen) atoms. The zero-order valence-corrected chi connectivity index (χ0v) is 19.9. The van der Waals surface area contributed by atoms with Crippen molar-refractivity contribution in [1.29, 1.82) is 0 Å². The number of thiophene rings is 1. The second kappa shape index (κ2) is 10.0. The zero-order valence-electron chi connectivity index (χ0n) is 19.0. The highest BCUT2D eigenvalue weighted by atomic mass is 32.1. The third kappa shape index (κ3) is 5.67. The van der Waals surface area contributed by atoms with Crippen LogP contribution in [0.3, 0.4) is 0 Å². The number of amides is 2. The van der Waals surface area contributed by atoms with E-state index in [0.717, 1.165) is 17.1 Å². The maximum Gasteiger partial charge on any atom is 0.244 e. The molecule has 170 valence electrons. The summed E-state index contributed by atoms with van der Waals surface area (Å²) < 4.78 is 0. The average Bonchev–Trinajstić information content (AvgIpc) is 3.53. The molecule has 1 unspecified atom stereocenters. The largest absolute Gasteiger partial charge is 0.352 e. The molecule has 5 nitrogen and oxygen atoms in total. The van der Waals surface area contributed by atoms with Crippen molar-refractivity contribution < 1.29 is 9.59 Å². The first-order valence-corrected chi connectivity index (χ1v) is 12.4. The summed E-state index contributed by atoms with van der Waals surface area (Å²) in [5.41, 5.74) is 2.34. The van der Waals surface area contributed by atoms with Gasteiger partial charge in [-0.2, -0.15) is 0 Å². The average molecular weight is 452 g/mol. The Morgan fingerprint density at radius 3 is 2.62 bits per heavy atom. The highest BCUT2D eigenvalue weighted by Gasteiger charge is 2.31. The number of benzene rings is 1. The number of nitrogens with zero attached hydrogens (tertiary/aromatic N) is 2. The maximum atomic E-state index is 12.6. The minimum Gasteiger partial charge on any atom is -0.352 e. The van der Waals surface area contributed by atoms with Crippen molar-refractivity contribution in [3.63, 3.8) is 0 Å². The summed E-state index contributed by atoms with van der Waals surface area (Å²) in [5, 5.41) is 4.92. The number of rotatable bonds is 8. The molecule has 6 heteroatoms. The van der Waals surface area contributed by atoms with Crippen LogP contribution in [0.2, 0.25) is 0 Å². The number of hydrogen-bond donors (Lipinski definition) is 1. The molecule has 0 bridgehead atoms. The van der Waals surface area contributed by atoms with Gasteiger partial charge in [0.1, 0.15) is 0 Å². The summed E-state index contributed by atoms with van der Waals surface area (Å²) in [5.74, 6) is 0.143. The predicted octanol–water partition coefficient (Wildman–Crippen LogP) is 4.30. The highest BCUT2D eigenvalue weighted by molar-refractivity contribution is 7.10. The Labute approximate surface area is 195 Å². The van der Waals surface area contributed by atoms with Gasteiger partial charge in [-0.15, -0.1) is 11.3 Å². The summed E-state index contributed by atoms with van der Waals surface area (Å²) in [6.45, 7) is 9.22. The molecule has 2 amide bonds. The van der Waals surface area contributed by atoms with E-state index in [-0.39, 0.29) is 23.1 Å². The second-order valence-electron chi connectivity index (χ2n) is 9.58. The maximum absolute atomic E-state index is 12.6. The Morgan fingerprint density at radius 1 is 1.19 bits per heavy atom. The zero-order chi connectivity index (χ0) is 22.6. The quantitative estimate of drug-likeness (QED) is 0.609. The molecule has 1 N–H and O–H groups in total. The van der Waals surface area contributed by atoms with Crippen molar-refractivity contribution >= 4 is 34.9 Å². The van der Waals surface area contributed by atoms with Crippen LogP contribution in [0, 0.1) is 5.92 Å². The molecule has 1 aromatic heterocycles. The van der Waals surface area contributed by atoms with Crippen molar-refractivity contribution in [2.75, 3.05) is 37.6 Å². The lowest BCUT2D eigenvalue weighted by Gasteiger charge is -2.31. The molecule has 0 aliphatic carbocycles. The van der Waals surface area contributed by atoms with Crippen LogP contribution in [-0.4, -0.2) is 49.4 Å². The molecule has 3 heterocycles. The van der Waals surface area contributed by atoms with Gasteiger partial charge >= 0.3 is 0 Å². The van der Waals surface area contributed by atoms with Crippen LogP contribution in [0.15, 0.2) is 47.9 Å². The number of carbonyl (C=O) groups is 2. The minimum atomic E-state index is -0.117. The molecule has 1 atom stereocenters. The molecule has 0 spiro atoms. The first kappa shape index (κ1) is 22.7. The second-order valence-corrected chi connectivity index (χ2v) is 10.6. The van der Waals surface area contributed by atoms with Crippen LogP contribution >= 0.6 is 11.3 Å².